The van der Waals surface area contributed by atoms with Gasteiger partial charge in [0.2, 0.25) is 0 Å². The minimum Gasteiger partial charge on any atom is -0.598 e. The number of fused-ring (bicyclic) bond motifs is 1. The first-order chi connectivity index (χ1) is 9.47. The molecule has 2 aromatic heterocycles. The second-order valence-corrected chi connectivity index (χ2v) is 8.40. The van der Waals surface area contributed by atoms with E-state index >= 15 is 0 Å². The summed E-state index contributed by atoms with van der Waals surface area (Å²) in [5.74, 6) is 0.618. The molecule has 1 fully saturated rings. The average molecular weight is 291 g/mol. The van der Waals surface area contributed by atoms with E-state index in [4.69, 9.17) is 4.98 Å². The van der Waals surface area contributed by atoms with Gasteiger partial charge in [0.15, 0.2) is 0 Å². The van der Waals surface area contributed by atoms with Crippen LogP contribution in [0, 0.1) is 0 Å². The van der Waals surface area contributed by atoms with Crippen LogP contribution in [0.4, 0.5) is 0 Å². The van der Waals surface area contributed by atoms with Crippen molar-refractivity contribution in [1.82, 2.24) is 14.1 Å². The number of imidazole rings is 1. The Balaban J connectivity index is 1.86. The summed E-state index contributed by atoms with van der Waals surface area (Å²) in [5, 5.41) is 0. The average Bonchev–Trinajstić information content (AvgIpc) is 3.15. The smallest absolute Gasteiger partial charge is 0.137 e. The van der Waals surface area contributed by atoms with Gasteiger partial charge in [0, 0.05) is 23.5 Å². The zero-order valence-corrected chi connectivity index (χ0v) is 13.0. The van der Waals surface area contributed by atoms with Crippen molar-refractivity contribution in [2.24, 2.45) is 0 Å². The maximum atomic E-state index is 12.1. The van der Waals surface area contributed by atoms with Gasteiger partial charge in [0.05, 0.1) is 17.9 Å². The third-order valence-corrected chi connectivity index (χ3v) is 5.05. The lowest BCUT2D eigenvalue weighted by molar-refractivity contribution is 0.543. The number of nitrogens with zero attached hydrogens (tertiary/aromatic N) is 2. The van der Waals surface area contributed by atoms with E-state index in [-0.39, 0.29) is 4.75 Å². The van der Waals surface area contributed by atoms with Crippen molar-refractivity contribution in [3.8, 4) is 0 Å². The van der Waals surface area contributed by atoms with Crippen LogP contribution in [0.1, 0.15) is 50.9 Å². The minimum absolute atomic E-state index is 0.251. The topological polar surface area (TPSA) is 52.4 Å². The van der Waals surface area contributed by atoms with Gasteiger partial charge < -0.3 is 8.95 Å². The number of rotatable bonds is 4. The van der Waals surface area contributed by atoms with Gasteiger partial charge in [0.1, 0.15) is 10.4 Å². The van der Waals surface area contributed by atoms with E-state index in [0.29, 0.717) is 12.5 Å². The van der Waals surface area contributed by atoms with Gasteiger partial charge in [-0.05, 0) is 45.7 Å². The Kier molecular flexibility index (Phi) is 3.52. The fraction of sp³-hybridized carbons (Fsp3) is 0.533. The van der Waals surface area contributed by atoms with E-state index in [1.54, 1.807) is 0 Å². The first-order valence-electron chi connectivity index (χ1n) is 7.08. The fourth-order valence-corrected chi connectivity index (χ4v) is 3.03. The molecule has 0 amide bonds. The Hall–Kier alpha value is -1.04. The number of pyridine rings is 1. The molecule has 0 aliphatic heterocycles. The molecule has 108 valence electrons. The van der Waals surface area contributed by atoms with Gasteiger partial charge in [-0.2, -0.15) is 0 Å². The van der Waals surface area contributed by atoms with Crippen LogP contribution in [-0.2, 0) is 17.9 Å². The van der Waals surface area contributed by atoms with Crippen molar-refractivity contribution >= 4 is 17.0 Å². The molecule has 0 unspecified atom stereocenters. The van der Waals surface area contributed by atoms with Gasteiger partial charge in [-0.25, -0.2) is 4.98 Å². The summed E-state index contributed by atoms with van der Waals surface area (Å²) in [4.78, 5) is 4.69. The maximum absolute atomic E-state index is 12.1. The van der Waals surface area contributed by atoms with E-state index in [2.05, 4.69) is 15.3 Å². The molecule has 0 spiro atoms. The van der Waals surface area contributed by atoms with Crippen LogP contribution < -0.4 is 4.72 Å². The molecule has 0 saturated heterocycles. The lowest BCUT2D eigenvalue weighted by Crippen LogP contribution is -2.39. The van der Waals surface area contributed by atoms with Crippen LogP contribution in [0.5, 0.6) is 0 Å². The predicted molar refractivity (Wildman–Crippen MR) is 81.9 cm³/mol. The molecule has 1 N–H and O–H groups in total. The van der Waals surface area contributed by atoms with Crippen molar-refractivity contribution in [2.75, 3.05) is 0 Å². The van der Waals surface area contributed by atoms with Gasteiger partial charge in [-0.1, -0.05) is 6.07 Å². The van der Waals surface area contributed by atoms with Crippen molar-refractivity contribution in [1.29, 1.82) is 0 Å². The molecule has 3 rings (SSSR count). The summed E-state index contributed by atoms with van der Waals surface area (Å²) in [6, 6.07) is 6.06. The van der Waals surface area contributed by atoms with Crippen LogP contribution in [0.3, 0.4) is 0 Å². The molecule has 0 bridgehead atoms. The monoisotopic (exact) mass is 291 g/mol. The molecule has 0 aromatic carbocycles. The third-order valence-electron chi connectivity index (χ3n) is 3.53. The molecule has 1 saturated carbocycles. The normalized spacial score (nSPS) is 17.6. The predicted octanol–water partition coefficient (Wildman–Crippen LogP) is 2.76. The summed E-state index contributed by atoms with van der Waals surface area (Å²) >= 11 is -1.06. The summed E-state index contributed by atoms with van der Waals surface area (Å²) in [7, 11) is 0. The number of aromatic nitrogens is 2. The van der Waals surface area contributed by atoms with Crippen molar-refractivity contribution in [2.45, 2.75) is 50.8 Å². The van der Waals surface area contributed by atoms with Crippen LogP contribution >= 0.6 is 0 Å². The SMILES string of the molecule is CC(C)(C)[S@+]([O-])NCc1nc2ccccn2c1C1CC1. The lowest BCUT2D eigenvalue weighted by atomic mass is 10.2. The quantitative estimate of drug-likeness (QED) is 0.881. The number of hydrogen-bond donors (Lipinski definition) is 1. The minimum atomic E-state index is -1.06. The second kappa shape index (κ2) is 5.06. The van der Waals surface area contributed by atoms with Gasteiger partial charge in [-0.3, -0.25) is 0 Å². The van der Waals surface area contributed by atoms with Crippen molar-refractivity contribution < 1.29 is 4.55 Å². The highest BCUT2D eigenvalue weighted by Crippen LogP contribution is 2.41. The maximum Gasteiger partial charge on any atom is 0.137 e. The van der Waals surface area contributed by atoms with E-state index in [9.17, 15) is 4.55 Å². The first-order valence-corrected chi connectivity index (χ1v) is 8.23. The number of nitrogens with one attached hydrogen (secondary N) is 1. The highest BCUT2D eigenvalue weighted by Gasteiger charge is 2.32. The summed E-state index contributed by atoms with van der Waals surface area (Å²) in [5.41, 5.74) is 3.31. The first kappa shape index (κ1) is 13.9. The molecule has 2 aromatic rings. The van der Waals surface area contributed by atoms with Crippen LogP contribution in [0.2, 0.25) is 0 Å². The summed E-state index contributed by atoms with van der Waals surface area (Å²) in [6.45, 7) is 6.49. The molecule has 1 aliphatic carbocycles. The molecule has 2 heterocycles. The summed E-state index contributed by atoms with van der Waals surface area (Å²) < 4.78 is 17.2. The second-order valence-electron chi connectivity index (χ2n) is 6.35. The Morgan fingerprint density at radius 3 is 2.80 bits per heavy atom. The Morgan fingerprint density at radius 2 is 2.15 bits per heavy atom. The van der Waals surface area contributed by atoms with Gasteiger partial charge in [-0.15, -0.1) is 4.72 Å². The molecule has 4 nitrogen and oxygen atoms in total. The largest absolute Gasteiger partial charge is 0.598 e. The molecule has 1 aliphatic rings. The zero-order chi connectivity index (χ0) is 14.3. The van der Waals surface area contributed by atoms with Gasteiger partial charge in [0.25, 0.3) is 0 Å². The van der Waals surface area contributed by atoms with E-state index in [0.717, 1.165) is 11.3 Å². The standard InChI is InChI=1S/C15H21N3OS/c1-15(2,3)20(19)16-10-12-14(11-7-8-11)18-9-5-4-6-13(18)17-12/h4-6,9,11,16H,7-8,10H2,1-3H3/t20-/m0/s1. The molecule has 20 heavy (non-hydrogen) atoms. The Bertz CT molecular complexity index is 613. The van der Waals surface area contributed by atoms with Crippen LogP contribution in [0.15, 0.2) is 24.4 Å². The highest BCUT2D eigenvalue weighted by atomic mass is 32.2. The van der Waals surface area contributed by atoms with E-state index in [1.165, 1.54) is 18.5 Å². The molecular formula is C15H21N3OS. The molecule has 1 atom stereocenters. The van der Waals surface area contributed by atoms with Gasteiger partial charge >= 0.3 is 0 Å². The Morgan fingerprint density at radius 1 is 1.40 bits per heavy atom. The molecule has 5 heteroatoms. The lowest BCUT2D eigenvalue weighted by Gasteiger charge is -2.23. The summed E-state index contributed by atoms with van der Waals surface area (Å²) in [6.07, 6.45) is 4.54. The zero-order valence-electron chi connectivity index (χ0n) is 12.2. The fourth-order valence-electron chi connectivity index (χ4n) is 2.33. The van der Waals surface area contributed by atoms with Crippen LogP contribution in [0.25, 0.3) is 5.65 Å². The van der Waals surface area contributed by atoms with E-state index in [1.807, 2.05) is 39.0 Å². The van der Waals surface area contributed by atoms with Crippen molar-refractivity contribution in [3.05, 3.63) is 35.8 Å². The molecule has 0 radical (unpaired) electrons. The Labute approximate surface area is 122 Å². The highest BCUT2D eigenvalue weighted by molar-refractivity contribution is 7.90. The molecular weight excluding hydrogens is 270 g/mol. The van der Waals surface area contributed by atoms with E-state index < -0.39 is 11.4 Å². The third kappa shape index (κ3) is 2.71. The van der Waals surface area contributed by atoms with Crippen molar-refractivity contribution in [3.63, 3.8) is 0 Å². The number of hydrogen-bond acceptors (Lipinski definition) is 3. The van der Waals surface area contributed by atoms with Crippen LogP contribution in [-0.4, -0.2) is 18.7 Å².